The lowest BCUT2D eigenvalue weighted by Gasteiger charge is -2.07. The van der Waals surface area contributed by atoms with Crippen molar-refractivity contribution in [3.63, 3.8) is 0 Å². The first-order valence-electron chi connectivity index (χ1n) is 3.84. The van der Waals surface area contributed by atoms with Crippen LogP contribution in [-0.4, -0.2) is 5.11 Å². The number of hydrogen-bond donors (Lipinski definition) is 1. The Labute approximate surface area is 103 Å². The number of aliphatic hydroxyl groups is 1. The van der Waals surface area contributed by atoms with Gasteiger partial charge in [-0.1, -0.05) is 11.6 Å². The highest BCUT2D eigenvalue weighted by molar-refractivity contribution is 9.10. The molecular formula is C9H6BrClOS2. The van der Waals surface area contributed by atoms with Crippen LogP contribution in [0.5, 0.6) is 0 Å². The molecule has 2 heterocycles. The molecule has 14 heavy (non-hydrogen) atoms. The molecule has 2 rings (SSSR count). The number of hydrogen-bond acceptors (Lipinski definition) is 3. The Morgan fingerprint density at radius 2 is 1.86 bits per heavy atom. The molecule has 5 heteroatoms. The molecule has 74 valence electrons. The van der Waals surface area contributed by atoms with Crippen molar-refractivity contribution in [3.8, 4) is 0 Å². The fraction of sp³-hybridized carbons (Fsp3) is 0.111. The third-order valence-corrected chi connectivity index (χ3v) is 5.12. The van der Waals surface area contributed by atoms with Crippen LogP contribution in [0.1, 0.15) is 15.9 Å². The van der Waals surface area contributed by atoms with Gasteiger partial charge in [0.1, 0.15) is 6.10 Å². The lowest BCUT2D eigenvalue weighted by atomic mass is 10.2. The summed E-state index contributed by atoms with van der Waals surface area (Å²) in [4.78, 5) is 1.70. The summed E-state index contributed by atoms with van der Waals surface area (Å²) < 4.78 is 0.930. The van der Waals surface area contributed by atoms with Crippen LogP contribution >= 0.6 is 50.2 Å². The van der Waals surface area contributed by atoms with E-state index in [9.17, 15) is 5.11 Å². The third kappa shape index (κ3) is 1.90. The number of rotatable bonds is 2. The molecule has 0 amide bonds. The minimum Gasteiger partial charge on any atom is -0.382 e. The Balaban J connectivity index is 2.38. The Morgan fingerprint density at radius 1 is 1.21 bits per heavy atom. The van der Waals surface area contributed by atoms with Gasteiger partial charge in [0.05, 0.1) is 14.8 Å². The van der Waals surface area contributed by atoms with Gasteiger partial charge in [0.15, 0.2) is 0 Å². The number of thiophene rings is 2. The van der Waals surface area contributed by atoms with E-state index in [1.807, 2.05) is 16.8 Å². The van der Waals surface area contributed by atoms with E-state index in [0.29, 0.717) is 5.02 Å². The van der Waals surface area contributed by atoms with Crippen LogP contribution < -0.4 is 0 Å². The van der Waals surface area contributed by atoms with E-state index in [1.54, 1.807) is 6.07 Å². The van der Waals surface area contributed by atoms with Gasteiger partial charge in [-0.2, -0.15) is 0 Å². The van der Waals surface area contributed by atoms with Gasteiger partial charge in [-0.05, 0) is 38.8 Å². The van der Waals surface area contributed by atoms with Crippen molar-refractivity contribution in [2.45, 2.75) is 6.10 Å². The summed E-state index contributed by atoms with van der Waals surface area (Å²) in [6.07, 6.45) is -0.614. The van der Waals surface area contributed by atoms with Gasteiger partial charge in [0.2, 0.25) is 0 Å². The summed E-state index contributed by atoms with van der Waals surface area (Å²) in [5, 5.41) is 14.5. The molecule has 0 spiro atoms. The van der Waals surface area contributed by atoms with Gasteiger partial charge >= 0.3 is 0 Å². The Hall–Kier alpha value is 0.130. The van der Waals surface area contributed by atoms with Crippen LogP contribution in [0, 0.1) is 0 Å². The number of halogens is 2. The van der Waals surface area contributed by atoms with E-state index in [-0.39, 0.29) is 0 Å². The standard InChI is InChI=1S/C9H6BrClOS2/c10-5-1-3-13-8(5)7(12)9-6(11)2-4-14-9/h1-4,7,12H. The van der Waals surface area contributed by atoms with Crippen molar-refractivity contribution < 1.29 is 5.11 Å². The maximum atomic E-state index is 10.0. The molecule has 1 nitrogen and oxygen atoms in total. The third-order valence-electron chi connectivity index (χ3n) is 1.79. The van der Waals surface area contributed by atoms with Gasteiger partial charge in [0.25, 0.3) is 0 Å². The van der Waals surface area contributed by atoms with Crippen LogP contribution in [0.4, 0.5) is 0 Å². The molecule has 2 aromatic heterocycles. The molecule has 0 aliphatic rings. The lowest BCUT2D eigenvalue weighted by molar-refractivity contribution is 0.227. The van der Waals surface area contributed by atoms with Gasteiger partial charge in [-0.3, -0.25) is 0 Å². The van der Waals surface area contributed by atoms with E-state index in [2.05, 4.69) is 15.9 Å². The van der Waals surface area contributed by atoms with E-state index >= 15 is 0 Å². The molecule has 0 bridgehead atoms. The van der Waals surface area contributed by atoms with Crippen molar-refractivity contribution in [2.75, 3.05) is 0 Å². The van der Waals surface area contributed by atoms with Crippen LogP contribution in [0.15, 0.2) is 27.4 Å². The summed E-state index contributed by atoms with van der Waals surface area (Å²) >= 11 is 12.3. The fourth-order valence-corrected chi connectivity index (χ4v) is 3.93. The second-order valence-electron chi connectivity index (χ2n) is 2.67. The molecule has 0 fully saturated rings. The van der Waals surface area contributed by atoms with E-state index in [0.717, 1.165) is 14.2 Å². The highest BCUT2D eigenvalue weighted by atomic mass is 79.9. The Bertz CT molecular complexity index is 397. The van der Waals surface area contributed by atoms with Crippen LogP contribution in [0.2, 0.25) is 5.02 Å². The van der Waals surface area contributed by atoms with Crippen LogP contribution in [-0.2, 0) is 0 Å². The van der Waals surface area contributed by atoms with E-state index in [1.165, 1.54) is 22.7 Å². The average Bonchev–Trinajstić information content (AvgIpc) is 2.73. The highest BCUT2D eigenvalue weighted by Gasteiger charge is 2.18. The zero-order valence-corrected chi connectivity index (χ0v) is 10.9. The zero-order chi connectivity index (χ0) is 10.1. The molecule has 1 unspecified atom stereocenters. The first-order chi connectivity index (χ1) is 6.70. The van der Waals surface area contributed by atoms with Crippen LogP contribution in [0.25, 0.3) is 0 Å². The van der Waals surface area contributed by atoms with E-state index in [4.69, 9.17) is 11.6 Å². The summed E-state index contributed by atoms with van der Waals surface area (Å²) in [7, 11) is 0. The molecule has 0 aliphatic carbocycles. The minimum absolute atomic E-state index is 0.614. The lowest BCUT2D eigenvalue weighted by Crippen LogP contribution is -1.94. The first-order valence-corrected chi connectivity index (χ1v) is 6.77. The maximum Gasteiger partial charge on any atom is 0.125 e. The van der Waals surface area contributed by atoms with Gasteiger partial charge < -0.3 is 5.11 Å². The molecule has 2 aromatic rings. The van der Waals surface area contributed by atoms with Crippen LogP contribution in [0.3, 0.4) is 0 Å². The monoisotopic (exact) mass is 308 g/mol. The Kier molecular flexibility index (Phi) is 3.29. The quantitative estimate of drug-likeness (QED) is 0.876. The summed E-state index contributed by atoms with van der Waals surface area (Å²) in [5.74, 6) is 0. The second-order valence-corrected chi connectivity index (χ2v) is 5.83. The predicted octanol–water partition coefficient (Wildman–Crippen LogP) is 4.31. The Morgan fingerprint density at radius 3 is 2.36 bits per heavy atom. The topological polar surface area (TPSA) is 20.2 Å². The molecule has 1 atom stereocenters. The molecule has 1 N–H and O–H groups in total. The maximum absolute atomic E-state index is 10.0. The van der Waals surface area contributed by atoms with Crippen molar-refractivity contribution in [1.29, 1.82) is 0 Å². The molecule has 0 radical (unpaired) electrons. The normalized spacial score (nSPS) is 13.1. The van der Waals surface area contributed by atoms with Crippen molar-refractivity contribution in [1.82, 2.24) is 0 Å². The van der Waals surface area contributed by atoms with Crippen molar-refractivity contribution >= 4 is 50.2 Å². The SMILES string of the molecule is OC(c1sccc1Cl)c1sccc1Br. The number of aliphatic hydroxyl groups excluding tert-OH is 1. The molecule has 0 aromatic carbocycles. The summed E-state index contributed by atoms with van der Waals surface area (Å²) in [5.41, 5.74) is 0. The smallest absolute Gasteiger partial charge is 0.125 e. The molecule has 0 saturated heterocycles. The van der Waals surface area contributed by atoms with Gasteiger partial charge in [0, 0.05) is 4.47 Å². The zero-order valence-electron chi connectivity index (χ0n) is 6.91. The van der Waals surface area contributed by atoms with Crippen molar-refractivity contribution in [3.05, 3.63) is 42.1 Å². The fourth-order valence-electron chi connectivity index (χ4n) is 1.12. The second kappa shape index (κ2) is 4.33. The largest absolute Gasteiger partial charge is 0.382 e. The minimum atomic E-state index is -0.614. The van der Waals surface area contributed by atoms with Crippen molar-refractivity contribution in [2.24, 2.45) is 0 Å². The average molecular weight is 310 g/mol. The highest BCUT2D eigenvalue weighted by Crippen LogP contribution is 2.38. The van der Waals surface area contributed by atoms with Gasteiger partial charge in [-0.15, -0.1) is 22.7 Å². The molecule has 0 saturated carbocycles. The summed E-state index contributed by atoms with van der Waals surface area (Å²) in [6, 6.07) is 3.72. The molecule has 0 aliphatic heterocycles. The van der Waals surface area contributed by atoms with E-state index < -0.39 is 6.10 Å². The summed E-state index contributed by atoms with van der Waals surface area (Å²) in [6.45, 7) is 0. The molecular weight excluding hydrogens is 304 g/mol. The van der Waals surface area contributed by atoms with Gasteiger partial charge in [-0.25, -0.2) is 0 Å². The predicted molar refractivity (Wildman–Crippen MR) is 65.4 cm³/mol. The first kappa shape index (κ1) is 10.6.